The van der Waals surface area contributed by atoms with Gasteiger partial charge in [0.05, 0.1) is 6.10 Å². The zero-order chi connectivity index (χ0) is 12.4. The van der Waals surface area contributed by atoms with Crippen molar-refractivity contribution in [2.75, 3.05) is 0 Å². The average Bonchev–Trinajstić information content (AvgIpc) is 2.42. The first-order valence-electron chi connectivity index (χ1n) is 6.69. The zero-order valence-corrected chi connectivity index (χ0v) is 11.6. The van der Waals surface area contributed by atoms with Gasteiger partial charge in [-0.25, -0.2) is 0 Å². The third-order valence-electron chi connectivity index (χ3n) is 4.92. The highest BCUT2D eigenvalue weighted by Crippen LogP contribution is 2.54. The molecule has 1 heteroatoms. The molecule has 1 N–H and O–H groups in total. The molecule has 2 atom stereocenters. The summed E-state index contributed by atoms with van der Waals surface area (Å²) in [4.78, 5) is 0. The van der Waals surface area contributed by atoms with Crippen LogP contribution in [0.15, 0.2) is 11.6 Å². The lowest BCUT2D eigenvalue weighted by atomic mass is 9.67. The van der Waals surface area contributed by atoms with Crippen molar-refractivity contribution in [3.8, 4) is 0 Å². The van der Waals surface area contributed by atoms with Gasteiger partial charge in [-0.3, -0.25) is 0 Å². The van der Waals surface area contributed by atoms with Crippen LogP contribution in [0.1, 0.15) is 66.7 Å². The molecule has 0 radical (unpaired) electrons. The maximum Gasteiger partial charge on any atom is 0.0721 e. The van der Waals surface area contributed by atoms with E-state index in [1.807, 2.05) is 6.92 Å². The van der Waals surface area contributed by atoms with Gasteiger partial charge in [0.25, 0.3) is 0 Å². The van der Waals surface area contributed by atoms with Crippen LogP contribution < -0.4 is 0 Å². The molecule has 2 unspecified atom stereocenters. The molecular weight excluding hydrogens is 196 g/mol. The fourth-order valence-corrected chi connectivity index (χ4v) is 2.91. The minimum atomic E-state index is -0.280. The summed E-state index contributed by atoms with van der Waals surface area (Å²) in [5.41, 5.74) is 2.06. The first kappa shape index (κ1) is 13.8. The monoisotopic (exact) mass is 224 g/mol. The lowest BCUT2D eigenvalue weighted by molar-refractivity contribution is 0.134. The quantitative estimate of drug-likeness (QED) is 0.705. The minimum Gasteiger partial charge on any atom is -0.389 e. The Labute approximate surface area is 101 Å². The van der Waals surface area contributed by atoms with Gasteiger partial charge in [-0.1, -0.05) is 40.2 Å². The van der Waals surface area contributed by atoms with E-state index in [1.54, 1.807) is 0 Å². The highest BCUT2D eigenvalue weighted by atomic mass is 16.3. The third-order valence-corrected chi connectivity index (χ3v) is 4.92. The summed E-state index contributed by atoms with van der Waals surface area (Å²) < 4.78 is 0. The van der Waals surface area contributed by atoms with Crippen LogP contribution in [0.2, 0.25) is 0 Å². The van der Waals surface area contributed by atoms with E-state index in [1.165, 1.54) is 24.8 Å². The number of hydrogen-bond donors (Lipinski definition) is 1. The number of aliphatic hydroxyl groups excluding tert-OH is 1. The van der Waals surface area contributed by atoms with E-state index in [0.29, 0.717) is 10.8 Å². The molecule has 1 rings (SSSR count). The average molecular weight is 224 g/mol. The molecule has 0 amide bonds. The summed E-state index contributed by atoms with van der Waals surface area (Å²) in [5, 5.41) is 9.63. The van der Waals surface area contributed by atoms with E-state index in [2.05, 4.69) is 33.8 Å². The van der Waals surface area contributed by atoms with Gasteiger partial charge in [-0.15, -0.1) is 0 Å². The van der Waals surface area contributed by atoms with Gasteiger partial charge in [0.2, 0.25) is 0 Å². The molecule has 1 aliphatic rings. The lowest BCUT2D eigenvalue weighted by Gasteiger charge is -2.38. The Hall–Kier alpha value is -0.300. The number of hydrogen-bond acceptors (Lipinski definition) is 1. The summed E-state index contributed by atoms with van der Waals surface area (Å²) in [5.74, 6) is 0. The van der Waals surface area contributed by atoms with Crippen LogP contribution in [0.3, 0.4) is 0 Å². The summed E-state index contributed by atoms with van der Waals surface area (Å²) in [6.07, 6.45) is 8.12. The van der Waals surface area contributed by atoms with E-state index >= 15 is 0 Å². The van der Waals surface area contributed by atoms with Crippen LogP contribution in [0, 0.1) is 10.8 Å². The molecule has 1 fully saturated rings. The zero-order valence-electron chi connectivity index (χ0n) is 11.6. The second-order valence-electron chi connectivity index (χ2n) is 6.31. The van der Waals surface area contributed by atoms with Crippen LogP contribution in [0.4, 0.5) is 0 Å². The largest absolute Gasteiger partial charge is 0.389 e. The van der Waals surface area contributed by atoms with E-state index < -0.39 is 0 Å². The van der Waals surface area contributed by atoms with Crippen molar-refractivity contribution in [1.82, 2.24) is 0 Å². The highest BCUT2D eigenvalue weighted by Gasteiger charge is 2.43. The predicted molar refractivity (Wildman–Crippen MR) is 70.4 cm³/mol. The molecule has 0 aromatic heterocycles. The van der Waals surface area contributed by atoms with E-state index in [0.717, 1.165) is 12.8 Å². The Morgan fingerprint density at radius 3 is 2.31 bits per heavy atom. The molecular formula is C15H28O. The number of allylic oxidation sites excluding steroid dienone is 1. The van der Waals surface area contributed by atoms with Crippen LogP contribution in [0.25, 0.3) is 0 Å². The SMILES string of the molecule is CC/C(=C\CC1(C)CCCC1(C)C)C(C)O. The molecule has 1 saturated carbocycles. The molecule has 0 heterocycles. The van der Waals surface area contributed by atoms with Gasteiger partial charge in [0.1, 0.15) is 0 Å². The van der Waals surface area contributed by atoms with Gasteiger partial charge in [0, 0.05) is 0 Å². The summed E-state index contributed by atoms with van der Waals surface area (Å²) in [6.45, 7) is 11.2. The first-order chi connectivity index (χ1) is 7.32. The Morgan fingerprint density at radius 1 is 1.31 bits per heavy atom. The van der Waals surface area contributed by atoms with Crippen molar-refractivity contribution in [2.45, 2.75) is 72.8 Å². The molecule has 1 aliphatic carbocycles. The maximum absolute atomic E-state index is 9.63. The standard InChI is InChI=1S/C15H28O/c1-6-13(12(2)16)8-11-15(5)10-7-9-14(15,3)4/h8,12,16H,6-7,9-11H2,1-5H3/b13-8+. The number of rotatable bonds is 4. The Balaban J connectivity index is 2.73. The smallest absolute Gasteiger partial charge is 0.0721 e. The highest BCUT2D eigenvalue weighted by molar-refractivity contribution is 5.09. The second-order valence-corrected chi connectivity index (χ2v) is 6.31. The fourth-order valence-electron chi connectivity index (χ4n) is 2.91. The molecule has 16 heavy (non-hydrogen) atoms. The van der Waals surface area contributed by atoms with Crippen molar-refractivity contribution in [3.63, 3.8) is 0 Å². The molecule has 0 aromatic rings. The lowest BCUT2D eigenvalue weighted by Crippen LogP contribution is -2.29. The Kier molecular flexibility index (Phi) is 4.23. The molecule has 0 bridgehead atoms. The van der Waals surface area contributed by atoms with E-state index in [-0.39, 0.29) is 6.10 Å². The van der Waals surface area contributed by atoms with E-state index in [9.17, 15) is 5.11 Å². The van der Waals surface area contributed by atoms with Crippen molar-refractivity contribution >= 4 is 0 Å². The normalized spacial score (nSPS) is 31.8. The van der Waals surface area contributed by atoms with Gasteiger partial charge in [-0.05, 0) is 49.0 Å². The number of aliphatic hydroxyl groups is 1. The van der Waals surface area contributed by atoms with Gasteiger partial charge in [-0.2, -0.15) is 0 Å². The van der Waals surface area contributed by atoms with Crippen LogP contribution in [-0.4, -0.2) is 11.2 Å². The van der Waals surface area contributed by atoms with Crippen molar-refractivity contribution in [3.05, 3.63) is 11.6 Å². The molecule has 94 valence electrons. The maximum atomic E-state index is 9.63. The van der Waals surface area contributed by atoms with Gasteiger partial charge in [0.15, 0.2) is 0 Å². The fraction of sp³-hybridized carbons (Fsp3) is 0.867. The van der Waals surface area contributed by atoms with Crippen LogP contribution >= 0.6 is 0 Å². The van der Waals surface area contributed by atoms with Crippen molar-refractivity contribution < 1.29 is 5.11 Å². The predicted octanol–water partition coefficient (Wildman–Crippen LogP) is 4.31. The van der Waals surface area contributed by atoms with Gasteiger partial charge < -0.3 is 5.11 Å². The summed E-state index contributed by atoms with van der Waals surface area (Å²) >= 11 is 0. The molecule has 0 aromatic carbocycles. The summed E-state index contributed by atoms with van der Waals surface area (Å²) in [6, 6.07) is 0. The molecule has 0 aliphatic heterocycles. The Morgan fingerprint density at radius 2 is 1.94 bits per heavy atom. The Bertz CT molecular complexity index is 263. The topological polar surface area (TPSA) is 20.2 Å². The van der Waals surface area contributed by atoms with Crippen molar-refractivity contribution in [2.24, 2.45) is 10.8 Å². The molecule has 0 spiro atoms. The second kappa shape index (κ2) is 4.91. The third kappa shape index (κ3) is 2.68. The van der Waals surface area contributed by atoms with Crippen molar-refractivity contribution in [1.29, 1.82) is 0 Å². The van der Waals surface area contributed by atoms with Crippen LogP contribution in [-0.2, 0) is 0 Å². The summed E-state index contributed by atoms with van der Waals surface area (Å²) in [7, 11) is 0. The molecule has 1 nitrogen and oxygen atoms in total. The van der Waals surface area contributed by atoms with E-state index in [4.69, 9.17) is 0 Å². The minimum absolute atomic E-state index is 0.280. The molecule has 0 saturated heterocycles. The van der Waals surface area contributed by atoms with Gasteiger partial charge >= 0.3 is 0 Å². The van der Waals surface area contributed by atoms with Crippen LogP contribution in [0.5, 0.6) is 0 Å². The first-order valence-corrected chi connectivity index (χ1v) is 6.69.